The second-order valence-corrected chi connectivity index (χ2v) is 11.4. The van der Waals surface area contributed by atoms with Crippen LogP contribution in [0.2, 0.25) is 0 Å². The number of rotatable bonds is 6. The van der Waals surface area contributed by atoms with E-state index in [9.17, 15) is 19.2 Å². The van der Waals surface area contributed by atoms with Crippen molar-refractivity contribution in [2.75, 3.05) is 0 Å². The maximum atomic E-state index is 13.4. The fraction of sp³-hybridized carbons (Fsp3) is 0.600. The highest BCUT2D eigenvalue weighted by Gasteiger charge is 2.77. The molecule has 0 aromatic rings. The number of ketones is 1. The van der Waals surface area contributed by atoms with E-state index in [0.29, 0.717) is 16.7 Å². The quantitative estimate of drug-likeness (QED) is 0.279. The van der Waals surface area contributed by atoms with Crippen LogP contribution in [0.15, 0.2) is 46.6 Å². The summed E-state index contributed by atoms with van der Waals surface area (Å²) >= 11 is 0. The molecule has 0 aromatic heterocycles. The molecule has 0 spiro atoms. The highest BCUT2D eigenvalue weighted by Crippen LogP contribution is 2.72. The van der Waals surface area contributed by atoms with E-state index in [4.69, 9.17) is 14.2 Å². The first kappa shape index (κ1) is 28.6. The molecule has 7 nitrogen and oxygen atoms in total. The molecule has 0 radical (unpaired) electrons. The van der Waals surface area contributed by atoms with Crippen molar-refractivity contribution >= 4 is 23.7 Å². The Morgan fingerprint density at radius 2 is 1.19 bits per heavy atom. The molecular formula is C30H40O7. The Morgan fingerprint density at radius 3 is 1.62 bits per heavy atom. The average molecular weight is 513 g/mol. The first-order valence-corrected chi connectivity index (χ1v) is 12.9. The summed E-state index contributed by atoms with van der Waals surface area (Å²) in [6.07, 6.45) is 3.48. The molecule has 7 unspecified atom stereocenters. The second kappa shape index (κ2) is 10.1. The van der Waals surface area contributed by atoms with E-state index in [1.54, 1.807) is 65.8 Å². The smallest absolute Gasteiger partial charge is 0.333 e. The highest BCUT2D eigenvalue weighted by atomic mass is 16.6. The fourth-order valence-electron chi connectivity index (χ4n) is 6.56. The van der Waals surface area contributed by atoms with Crippen LogP contribution in [0, 0.1) is 28.6 Å². The molecule has 7 heteroatoms. The third-order valence-corrected chi connectivity index (χ3v) is 9.00. The van der Waals surface area contributed by atoms with E-state index in [1.807, 2.05) is 27.7 Å². The monoisotopic (exact) mass is 512 g/mol. The van der Waals surface area contributed by atoms with Gasteiger partial charge in [-0.3, -0.25) is 4.79 Å². The summed E-state index contributed by atoms with van der Waals surface area (Å²) in [5.41, 5.74) is 0.431. The lowest BCUT2D eigenvalue weighted by atomic mass is 9.37. The molecule has 37 heavy (non-hydrogen) atoms. The van der Waals surface area contributed by atoms with Gasteiger partial charge >= 0.3 is 17.9 Å². The summed E-state index contributed by atoms with van der Waals surface area (Å²) < 4.78 is 18.3. The van der Waals surface area contributed by atoms with Crippen molar-refractivity contribution in [1.29, 1.82) is 0 Å². The molecule has 7 atom stereocenters. The van der Waals surface area contributed by atoms with Crippen molar-refractivity contribution < 1.29 is 33.4 Å². The first-order valence-electron chi connectivity index (χ1n) is 12.9. The Bertz CT molecular complexity index is 1130. The van der Waals surface area contributed by atoms with Gasteiger partial charge in [0, 0.05) is 33.5 Å². The zero-order chi connectivity index (χ0) is 28.0. The number of fused-ring (bicyclic) bond motifs is 3. The molecule has 0 heterocycles. The fourth-order valence-corrected chi connectivity index (χ4v) is 6.56. The van der Waals surface area contributed by atoms with Crippen LogP contribution in [0.5, 0.6) is 0 Å². The van der Waals surface area contributed by atoms with Gasteiger partial charge in [0.15, 0.2) is 11.9 Å². The van der Waals surface area contributed by atoms with Crippen molar-refractivity contribution in [2.24, 2.45) is 28.6 Å². The van der Waals surface area contributed by atoms with Gasteiger partial charge in [-0.25, -0.2) is 14.4 Å². The van der Waals surface area contributed by atoms with Crippen molar-refractivity contribution in [3.8, 4) is 0 Å². The number of carbonyl (C=O) groups is 4. The maximum Gasteiger partial charge on any atom is 0.333 e. The summed E-state index contributed by atoms with van der Waals surface area (Å²) in [6.45, 7) is 17.8. The lowest BCUT2D eigenvalue weighted by molar-refractivity contribution is -0.212. The van der Waals surface area contributed by atoms with Crippen LogP contribution >= 0.6 is 0 Å². The van der Waals surface area contributed by atoms with Crippen LogP contribution < -0.4 is 0 Å². The van der Waals surface area contributed by atoms with Crippen LogP contribution in [0.3, 0.4) is 0 Å². The number of hydrogen-bond acceptors (Lipinski definition) is 7. The molecule has 4 bridgehead atoms. The largest absolute Gasteiger partial charge is 0.454 e. The van der Waals surface area contributed by atoms with Crippen molar-refractivity contribution in [3.05, 3.63) is 46.6 Å². The summed E-state index contributed by atoms with van der Waals surface area (Å²) in [7, 11) is 0. The van der Waals surface area contributed by atoms with Crippen molar-refractivity contribution in [3.63, 3.8) is 0 Å². The third kappa shape index (κ3) is 4.40. The SMILES string of the molecule is CC=C(C)C(=O)OC1C(OC(=O)C(C)=CC)C(C)(C)C2C3C(=O)C=C(C)C2C3(C)C1OC(=O)C(C)=CC. The molecule has 3 saturated carbocycles. The predicted molar refractivity (Wildman–Crippen MR) is 139 cm³/mol. The summed E-state index contributed by atoms with van der Waals surface area (Å²) in [5.74, 6) is -2.54. The van der Waals surface area contributed by atoms with Gasteiger partial charge in [-0.15, -0.1) is 0 Å². The molecule has 0 aromatic carbocycles. The van der Waals surface area contributed by atoms with Gasteiger partial charge in [-0.2, -0.15) is 0 Å². The topological polar surface area (TPSA) is 96.0 Å². The minimum atomic E-state index is -1.12. The Morgan fingerprint density at radius 1 is 0.757 bits per heavy atom. The molecule has 0 saturated heterocycles. The van der Waals surface area contributed by atoms with Crippen LogP contribution in [0.4, 0.5) is 0 Å². The minimum Gasteiger partial charge on any atom is -0.454 e. The Balaban J connectivity index is 2.27. The van der Waals surface area contributed by atoms with Crippen LogP contribution in [0.1, 0.15) is 69.2 Å². The van der Waals surface area contributed by atoms with Gasteiger partial charge in [0.2, 0.25) is 0 Å². The maximum absolute atomic E-state index is 13.4. The standard InChI is InChI=1S/C30H40O7/c1-11-15(4)26(32)35-23-24(36-27(33)16(5)12-2)29(8,9)22-20-18(7)14-19(31)21(22)30(20,10)25(23)37-28(34)17(6)13-3/h11-14,20-25H,1-10H3. The molecule has 4 aliphatic carbocycles. The molecule has 0 aliphatic heterocycles. The van der Waals surface area contributed by atoms with Gasteiger partial charge in [0.1, 0.15) is 12.2 Å². The van der Waals surface area contributed by atoms with Gasteiger partial charge < -0.3 is 14.2 Å². The summed E-state index contributed by atoms with van der Waals surface area (Å²) in [4.78, 5) is 52.8. The van der Waals surface area contributed by atoms with E-state index in [-0.39, 0.29) is 17.6 Å². The zero-order valence-corrected chi connectivity index (χ0v) is 23.6. The minimum absolute atomic E-state index is 0.0456. The number of hydrogen-bond donors (Lipinski definition) is 0. The van der Waals surface area contributed by atoms with Gasteiger partial charge in [0.25, 0.3) is 0 Å². The number of ether oxygens (including phenoxy) is 3. The van der Waals surface area contributed by atoms with Gasteiger partial charge in [-0.05, 0) is 66.4 Å². The van der Waals surface area contributed by atoms with E-state index in [1.165, 1.54) is 0 Å². The lowest BCUT2D eigenvalue weighted by Gasteiger charge is -2.65. The molecular weight excluding hydrogens is 472 g/mol. The van der Waals surface area contributed by atoms with Crippen molar-refractivity contribution in [1.82, 2.24) is 0 Å². The van der Waals surface area contributed by atoms with E-state index < -0.39 is 53.0 Å². The molecule has 0 N–H and O–H groups in total. The van der Waals surface area contributed by atoms with E-state index in [2.05, 4.69) is 0 Å². The first-order chi connectivity index (χ1) is 17.2. The lowest BCUT2D eigenvalue weighted by Crippen LogP contribution is -2.68. The summed E-state index contributed by atoms with van der Waals surface area (Å²) in [6, 6.07) is 0. The van der Waals surface area contributed by atoms with Gasteiger partial charge in [-0.1, -0.05) is 44.6 Å². The van der Waals surface area contributed by atoms with Crippen molar-refractivity contribution in [2.45, 2.75) is 87.5 Å². The van der Waals surface area contributed by atoms with E-state index in [0.717, 1.165) is 5.57 Å². The van der Waals surface area contributed by atoms with Crippen LogP contribution in [0.25, 0.3) is 0 Å². The molecule has 4 aliphatic rings. The number of esters is 3. The predicted octanol–water partition coefficient (Wildman–Crippen LogP) is 5.06. The zero-order valence-electron chi connectivity index (χ0n) is 23.6. The summed E-state index contributed by atoms with van der Waals surface area (Å²) in [5, 5.41) is 0. The Kier molecular flexibility index (Phi) is 7.79. The van der Waals surface area contributed by atoms with E-state index >= 15 is 0 Å². The number of carbonyl (C=O) groups excluding carboxylic acids is 4. The Labute approximate surface area is 220 Å². The average Bonchev–Trinajstić information content (AvgIpc) is 2.93. The third-order valence-electron chi connectivity index (χ3n) is 9.00. The molecule has 4 rings (SSSR count). The van der Waals surface area contributed by atoms with Gasteiger partial charge in [0.05, 0.1) is 0 Å². The molecule has 3 fully saturated rings. The second-order valence-electron chi connectivity index (χ2n) is 11.4. The Hall–Kier alpha value is -2.96. The molecule has 202 valence electrons. The van der Waals surface area contributed by atoms with Crippen LogP contribution in [-0.2, 0) is 33.4 Å². The normalized spacial score (nSPS) is 35.0. The number of allylic oxidation sites excluding steroid dienone is 5. The molecule has 0 amide bonds. The highest BCUT2D eigenvalue weighted by molar-refractivity contribution is 5.97. The van der Waals surface area contributed by atoms with Crippen LogP contribution in [-0.4, -0.2) is 42.0 Å².